The molecular formula is C23H39NO3. The smallest absolute Gasteiger partial charge is 0.220 e. The van der Waals surface area contributed by atoms with Crippen molar-refractivity contribution in [2.24, 2.45) is 0 Å². The molecule has 0 unspecified atom stereocenters. The van der Waals surface area contributed by atoms with Gasteiger partial charge in [0.15, 0.2) is 0 Å². The molecule has 0 aliphatic heterocycles. The number of rotatable bonds is 17. The highest BCUT2D eigenvalue weighted by atomic mass is 16.3. The van der Waals surface area contributed by atoms with Crippen LogP contribution in [-0.2, 0) is 4.79 Å². The van der Waals surface area contributed by atoms with Crippen molar-refractivity contribution in [1.82, 2.24) is 5.32 Å². The van der Waals surface area contributed by atoms with Crippen LogP contribution in [-0.4, -0.2) is 35.4 Å². The number of aliphatic hydroxyl groups excluding tert-OH is 2. The largest absolute Gasteiger partial charge is 0.394 e. The van der Waals surface area contributed by atoms with E-state index in [0.29, 0.717) is 6.42 Å². The van der Waals surface area contributed by atoms with Gasteiger partial charge in [0.25, 0.3) is 0 Å². The summed E-state index contributed by atoms with van der Waals surface area (Å²) in [5.74, 6) is -0.126. The summed E-state index contributed by atoms with van der Waals surface area (Å²) in [6.45, 7) is 1.76. The van der Waals surface area contributed by atoms with Crippen LogP contribution in [0.1, 0.15) is 71.1 Å². The monoisotopic (exact) mass is 377 g/mol. The molecule has 4 nitrogen and oxygen atoms in total. The number of nitrogens with one attached hydrogen (secondary N) is 1. The van der Waals surface area contributed by atoms with E-state index < -0.39 is 6.04 Å². The van der Waals surface area contributed by atoms with E-state index in [1.165, 1.54) is 25.7 Å². The van der Waals surface area contributed by atoms with Crippen molar-refractivity contribution in [2.45, 2.75) is 77.2 Å². The van der Waals surface area contributed by atoms with Gasteiger partial charge in [0.05, 0.1) is 19.3 Å². The molecule has 0 atom stereocenters. The van der Waals surface area contributed by atoms with Crippen LogP contribution in [0.25, 0.3) is 0 Å². The van der Waals surface area contributed by atoms with Crippen LogP contribution in [0.2, 0.25) is 0 Å². The molecule has 0 aromatic carbocycles. The first-order valence-corrected chi connectivity index (χ1v) is 10.4. The van der Waals surface area contributed by atoms with Crippen molar-refractivity contribution in [2.75, 3.05) is 13.2 Å². The van der Waals surface area contributed by atoms with E-state index in [1.807, 2.05) is 0 Å². The zero-order valence-corrected chi connectivity index (χ0v) is 17.0. The van der Waals surface area contributed by atoms with Crippen LogP contribution in [0.15, 0.2) is 48.6 Å². The van der Waals surface area contributed by atoms with Gasteiger partial charge in [0.1, 0.15) is 0 Å². The molecule has 0 saturated heterocycles. The lowest BCUT2D eigenvalue weighted by Gasteiger charge is -2.12. The van der Waals surface area contributed by atoms with E-state index in [1.54, 1.807) is 0 Å². The van der Waals surface area contributed by atoms with E-state index in [0.717, 1.165) is 32.1 Å². The predicted molar refractivity (Wildman–Crippen MR) is 115 cm³/mol. The molecule has 4 heteroatoms. The lowest BCUT2D eigenvalue weighted by atomic mass is 10.2. The molecule has 0 aromatic heterocycles. The average Bonchev–Trinajstić information content (AvgIpc) is 2.68. The van der Waals surface area contributed by atoms with Gasteiger partial charge in [-0.1, -0.05) is 68.4 Å². The zero-order chi connectivity index (χ0) is 20.0. The highest BCUT2D eigenvalue weighted by Crippen LogP contribution is 2.01. The van der Waals surface area contributed by atoms with Gasteiger partial charge in [0, 0.05) is 6.42 Å². The summed E-state index contributed by atoms with van der Waals surface area (Å²) in [6, 6.07) is -0.547. The Morgan fingerprint density at radius 1 is 0.778 bits per heavy atom. The summed E-state index contributed by atoms with van der Waals surface area (Å²) in [4.78, 5) is 11.6. The van der Waals surface area contributed by atoms with Crippen molar-refractivity contribution in [3.63, 3.8) is 0 Å². The number of carbonyl (C=O) groups excluding carboxylic acids is 1. The van der Waals surface area contributed by atoms with Gasteiger partial charge >= 0.3 is 0 Å². The van der Waals surface area contributed by atoms with Gasteiger partial charge in [-0.2, -0.15) is 0 Å². The first-order valence-electron chi connectivity index (χ1n) is 10.4. The van der Waals surface area contributed by atoms with Crippen LogP contribution in [0, 0.1) is 0 Å². The summed E-state index contributed by atoms with van der Waals surface area (Å²) >= 11 is 0. The third kappa shape index (κ3) is 18.9. The molecule has 154 valence electrons. The van der Waals surface area contributed by atoms with Crippen LogP contribution < -0.4 is 5.32 Å². The van der Waals surface area contributed by atoms with Gasteiger partial charge in [-0.05, 0) is 44.9 Å². The lowest BCUT2D eigenvalue weighted by Crippen LogP contribution is -2.39. The number of allylic oxidation sites excluding steroid dienone is 8. The Hall–Kier alpha value is -1.65. The van der Waals surface area contributed by atoms with E-state index in [4.69, 9.17) is 10.2 Å². The number of amides is 1. The number of carbonyl (C=O) groups is 1. The molecule has 27 heavy (non-hydrogen) atoms. The Balaban J connectivity index is 3.55. The summed E-state index contributed by atoms with van der Waals surface area (Å²) in [5, 5.41) is 20.4. The maximum Gasteiger partial charge on any atom is 0.220 e. The van der Waals surface area contributed by atoms with Crippen molar-refractivity contribution >= 4 is 5.91 Å². The van der Waals surface area contributed by atoms with Gasteiger partial charge in [-0.25, -0.2) is 0 Å². The molecule has 0 aliphatic rings. The highest BCUT2D eigenvalue weighted by Gasteiger charge is 2.08. The van der Waals surface area contributed by atoms with Gasteiger partial charge < -0.3 is 15.5 Å². The molecule has 0 heterocycles. The third-order valence-corrected chi connectivity index (χ3v) is 4.04. The first-order chi connectivity index (χ1) is 13.2. The summed E-state index contributed by atoms with van der Waals surface area (Å²) in [7, 11) is 0. The SMILES string of the molecule is CCCCC/C=C/C/C=C/C/C=C/C/C=C/CCCC(=O)NC(CO)CO. The van der Waals surface area contributed by atoms with Crippen LogP contribution in [0.4, 0.5) is 0 Å². The highest BCUT2D eigenvalue weighted by molar-refractivity contribution is 5.76. The molecule has 0 saturated carbocycles. The first kappa shape index (κ1) is 25.4. The van der Waals surface area contributed by atoms with Crippen LogP contribution in [0.3, 0.4) is 0 Å². The fourth-order valence-corrected chi connectivity index (χ4v) is 2.39. The molecular weight excluding hydrogens is 338 g/mol. The van der Waals surface area contributed by atoms with E-state index in [-0.39, 0.29) is 19.1 Å². The summed E-state index contributed by atoms with van der Waals surface area (Å²) < 4.78 is 0. The molecule has 0 rings (SSSR count). The number of hydrogen-bond acceptors (Lipinski definition) is 3. The number of unbranched alkanes of at least 4 members (excludes halogenated alkanes) is 4. The Morgan fingerprint density at radius 2 is 1.26 bits per heavy atom. The standard InChI is InChI=1S/C23H39NO3/c1-2-3-4-5-6-7-8-9-10-11-12-13-14-15-16-17-18-19-23(27)24-22(20-25)21-26/h6-7,9-10,12-13,15-16,22,25-26H,2-5,8,11,14,17-21H2,1H3,(H,24,27)/b7-6+,10-9+,13-12+,16-15+. The van der Waals surface area contributed by atoms with Gasteiger partial charge in [-0.15, -0.1) is 0 Å². The Kier molecular flexibility index (Phi) is 19.4. The molecule has 3 N–H and O–H groups in total. The Labute approximate surface area is 165 Å². The fourth-order valence-electron chi connectivity index (χ4n) is 2.39. The Morgan fingerprint density at radius 3 is 1.74 bits per heavy atom. The van der Waals surface area contributed by atoms with E-state index >= 15 is 0 Å². The zero-order valence-electron chi connectivity index (χ0n) is 17.0. The maximum absolute atomic E-state index is 11.6. The van der Waals surface area contributed by atoms with E-state index in [2.05, 4.69) is 60.8 Å². The van der Waals surface area contributed by atoms with Crippen LogP contribution in [0.5, 0.6) is 0 Å². The van der Waals surface area contributed by atoms with Crippen molar-refractivity contribution in [3.05, 3.63) is 48.6 Å². The minimum atomic E-state index is -0.547. The van der Waals surface area contributed by atoms with Crippen molar-refractivity contribution in [3.8, 4) is 0 Å². The van der Waals surface area contributed by atoms with Crippen LogP contribution >= 0.6 is 0 Å². The second kappa shape index (κ2) is 20.7. The minimum Gasteiger partial charge on any atom is -0.394 e. The molecule has 0 radical (unpaired) electrons. The molecule has 0 bridgehead atoms. The average molecular weight is 378 g/mol. The fraction of sp³-hybridized carbons (Fsp3) is 0.609. The quantitative estimate of drug-likeness (QED) is 0.256. The molecule has 1 amide bonds. The molecule has 0 spiro atoms. The number of hydrogen-bond donors (Lipinski definition) is 3. The molecule has 0 aliphatic carbocycles. The van der Waals surface area contributed by atoms with E-state index in [9.17, 15) is 4.79 Å². The predicted octanol–water partition coefficient (Wildman–Crippen LogP) is 4.60. The van der Waals surface area contributed by atoms with Crippen molar-refractivity contribution in [1.29, 1.82) is 0 Å². The van der Waals surface area contributed by atoms with Gasteiger partial charge in [-0.3, -0.25) is 4.79 Å². The minimum absolute atomic E-state index is 0.126. The summed E-state index contributed by atoms with van der Waals surface area (Å²) in [5.41, 5.74) is 0. The molecule has 0 fully saturated rings. The Bertz CT molecular complexity index is 449. The second-order valence-corrected chi connectivity index (χ2v) is 6.61. The summed E-state index contributed by atoms with van der Waals surface area (Å²) in [6.07, 6.45) is 27.5. The van der Waals surface area contributed by atoms with Crippen molar-refractivity contribution < 1.29 is 15.0 Å². The molecule has 0 aromatic rings. The lowest BCUT2D eigenvalue weighted by molar-refractivity contribution is -0.122. The second-order valence-electron chi connectivity index (χ2n) is 6.61. The third-order valence-electron chi connectivity index (χ3n) is 4.04. The normalized spacial score (nSPS) is 12.4. The number of aliphatic hydroxyl groups is 2. The maximum atomic E-state index is 11.6. The van der Waals surface area contributed by atoms with Gasteiger partial charge in [0.2, 0.25) is 5.91 Å². The topological polar surface area (TPSA) is 69.6 Å².